The maximum absolute atomic E-state index is 10.6. The number of carbonyl (C=O) groups excluding carboxylic acids is 1. The van der Waals surface area contributed by atoms with E-state index in [1.165, 1.54) is 6.42 Å². The molecule has 0 aromatic rings. The van der Waals surface area contributed by atoms with Gasteiger partial charge in [0.15, 0.2) is 0 Å². The highest BCUT2D eigenvalue weighted by Crippen LogP contribution is 2.10. The fourth-order valence-corrected chi connectivity index (χ4v) is 1.34. The summed E-state index contributed by atoms with van der Waals surface area (Å²) >= 11 is 3.36. The Labute approximate surface area is 71.3 Å². The van der Waals surface area contributed by atoms with Gasteiger partial charge in [-0.1, -0.05) is 22.9 Å². The number of rotatable bonds is 5. The van der Waals surface area contributed by atoms with Crippen molar-refractivity contribution in [2.24, 2.45) is 5.92 Å². The second-order valence-electron chi connectivity index (χ2n) is 2.84. The predicted octanol–water partition coefficient (Wildman–Crippen LogP) is 2.78. The van der Waals surface area contributed by atoms with Gasteiger partial charge in [-0.2, -0.15) is 0 Å². The van der Waals surface area contributed by atoms with Crippen LogP contribution in [0.4, 0.5) is 0 Å². The Morgan fingerprint density at radius 1 is 1.60 bits per heavy atom. The smallest absolute Gasteiger partial charge is 0.130 e. The highest BCUT2D eigenvalue weighted by Gasteiger charge is 2.03. The average Bonchev–Trinajstić information content (AvgIpc) is 1.82. The van der Waals surface area contributed by atoms with Gasteiger partial charge < -0.3 is 4.79 Å². The molecule has 0 spiro atoms. The van der Waals surface area contributed by atoms with E-state index < -0.39 is 0 Å². The lowest BCUT2D eigenvalue weighted by Crippen LogP contribution is -2.01. The molecule has 0 amide bonds. The number of carbonyl (C=O) groups is 1. The first-order valence-electron chi connectivity index (χ1n) is 3.72. The van der Waals surface area contributed by atoms with E-state index in [0.717, 1.165) is 18.2 Å². The van der Waals surface area contributed by atoms with Gasteiger partial charge in [0, 0.05) is 11.8 Å². The topological polar surface area (TPSA) is 17.1 Å². The van der Waals surface area contributed by atoms with E-state index in [0.29, 0.717) is 11.7 Å². The molecule has 0 radical (unpaired) electrons. The first-order chi connectivity index (χ1) is 4.66. The van der Waals surface area contributed by atoms with Crippen molar-refractivity contribution in [2.45, 2.75) is 33.1 Å². The zero-order valence-corrected chi connectivity index (χ0v) is 8.28. The van der Waals surface area contributed by atoms with Crippen molar-refractivity contribution in [3.05, 3.63) is 0 Å². The van der Waals surface area contributed by atoms with Crippen molar-refractivity contribution in [3.63, 3.8) is 0 Å². The summed E-state index contributed by atoms with van der Waals surface area (Å²) in [6.45, 7) is 3.79. The summed E-state index contributed by atoms with van der Waals surface area (Å²) in [6.07, 6.45) is 3.08. The van der Waals surface area contributed by atoms with Crippen LogP contribution in [0.2, 0.25) is 0 Å². The molecule has 0 aromatic heterocycles. The predicted molar refractivity (Wildman–Crippen MR) is 47.5 cm³/mol. The second kappa shape index (κ2) is 5.90. The van der Waals surface area contributed by atoms with E-state index in [4.69, 9.17) is 0 Å². The molecule has 0 aliphatic carbocycles. The van der Waals surface area contributed by atoms with Crippen LogP contribution in [0.3, 0.4) is 0 Å². The van der Waals surface area contributed by atoms with Gasteiger partial charge in [-0.15, -0.1) is 0 Å². The maximum atomic E-state index is 10.6. The molecule has 0 saturated carbocycles. The lowest BCUT2D eigenvalue weighted by atomic mass is 10.0. The highest BCUT2D eigenvalue weighted by molar-refractivity contribution is 9.09. The molecular formula is C8H15BrO. The summed E-state index contributed by atoms with van der Waals surface area (Å²) in [5.41, 5.74) is 0. The molecule has 0 heterocycles. The van der Waals surface area contributed by atoms with Crippen molar-refractivity contribution in [3.8, 4) is 0 Å². The van der Waals surface area contributed by atoms with Gasteiger partial charge in [-0.3, -0.25) is 0 Å². The first kappa shape index (κ1) is 10.2. The van der Waals surface area contributed by atoms with Gasteiger partial charge in [0.05, 0.1) is 0 Å². The maximum Gasteiger partial charge on any atom is 0.130 e. The largest absolute Gasteiger partial charge is 0.300 e. The lowest BCUT2D eigenvalue weighted by molar-refractivity contribution is -0.117. The van der Waals surface area contributed by atoms with Crippen LogP contribution in [0.25, 0.3) is 0 Å². The van der Waals surface area contributed by atoms with Gasteiger partial charge in [0.2, 0.25) is 0 Å². The fourth-order valence-electron chi connectivity index (χ4n) is 1.02. The monoisotopic (exact) mass is 206 g/mol. The Balaban J connectivity index is 3.25. The van der Waals surface area contributed by atoms with Crippen molar-refractivity contribution in [2.75, 3.05) is 5.33 Å². The van der Waals surface area contributed by atoms with E-state index in [1.54, 1.807) is 6.92 Å². The number of Topliss-reactive ketones (excluding diaryl/α,β-unsaturated/α-hetero) is 1. The molecule has 1 nitrogen and oxygen atoms in total. The Hall–Kier alpha value is 0.150. The van der Waals surface area contributed by atoms with Gasteiger partial charge >= 0.3 is 0 Å². The summed E-state index contributed by atoms with van der Waals surface area (Å²) in [7, 11) is 0. The minimum absolute atomic E-state index is 0.307. The van der Waals surface area contributed by atoms with Gasteiger partial charge in [0.25, 0.3) is 0 Å². The number of alkyl halides is 1. The molecule has 0 saturated heterocycles. The van der Waals surface area contributed by atoms with Crippen LogP contribution in [0.1, 0.15) is 33.1 Å². The zero-order chi connectivity index (χ0) is 7.98. The minimum Gasteiger partial charge on any atom is -0.300 e. The molecule has 0 aromatic carbocycles. The molecule has 10 heavy (non-hydrogen) atoms. The normalized spacial score (nSPS) is 13.1. The summed E-state index contributed by atoms with van der Waals surface area (Å²) in [4.78, 5) is 10.6. The zero-order valence-electron chi connectivity index (χ0n) is 6.69. The van der Waals surface area contributed by atoms with Crippen LogP contribution in [-0.4, -0.2) is 11.1 Å². The molecule has 0 fully saturated rings. The molecule has 0 aliphatic heterocycles. The van der Waals surface area contributed by atoms with E-state index in [-0.39, 0.29) is 0 Å². The average molecular weight is 207 g/mol. The molecule has 1 unspecified atom stereocenters. The molecule has 60 valence electrons. The van der Waals surface area contributed by atoms with Crippen LogP contribution in [0.5, 0.6) is 0 Å². The van der Waals surface area contributed by atoms with Crippen LogP contribution < -0.4 is 0 Å². The van der Waals surface area contributed by atoms with Gasteiger partial charge in [-0.05, 0) is 25.7 Å². The minimum atomic E-state index is 0.307. The van der Waals surface area contributed by atoms with Crippen LogP contribution in [0.15, 0.2) is 0 Å². The summed E-state index contributed by atoms with van der Waals surface area (Å²) in [5.74, 6) is 0.872. The van der Waals surface area contributed by atoms with E-state index in [2.05, 4.69) is 22.9 Å². The third-order valence-corrected chi connectivity index (χ3v) is 2.03. The third kappa shape index (κ3) is 6.27. The van der Waals surface area contributed by atoms with Crippen LogP contribution in [-0.2, 0) is 4.79 Å². The first-order valence-corrected chi connectivity index (χ1v) is 4.84. The standard InChI is InChI=1S/C8H15BrO/c1-7(4-3-5-9)6-8(2)10/h7H,3-6H2,1-2H3. The molecule has 0 aliphatic rings. The Kier molecular flexibility index (Phi) is 5.99. The quantitative estimate of drug-likeness (QED) is 0.633. The van der Waals surface area contributed by atoms with Crippen molar-refractivity contribution in [1.29, 1.82) is 0 Å². The van der Waals surface area contributed by atoms with Crippen molar-refractivity contribution in [1.82, 2.24) is 0 Å². The van der Waals surface area contributed by atoms with Crippen molar-refractivity contribution >= 4 is 21.7 Å². The summed E-state index contributed by atoms with van der Waals surface area (Å²) in [5, 5.41) is 1.05. The summed E-state index contributed by atoms with van der Waals surface area (Å²) in [6, 6.07) is 0. The Bertz CT molecular complexity index is 101. The van der Waals surface area contributed by atoms with E-state index in [9.17, 15) is 4.79 Å². The Morgan fingerprint density at radius 2 is 2.20 bits per heavy atom. The lowest BCUT2D eigenvalue weighted by Gasteiger charge is -2.06. The fraction of sp³-hybridized carbons (Fsp3) is 0.875. The molecule has 0 rings (SSSR count). The number of halogens is 1. The number of hydrogen-bond donors (Lipinski definition) is 0. The van der Waals surface area contributed by atoms with E-state index >= 15 is 0 Å². The molecule has 0 bridgehead atoms. The number of hydrogen-bond acceptors (Lipinski definition) is 1. The SMILES string of the molecule is CC(=O)CC(C)CCCBr. The van der Waals surface area contributed by atoms with E-state index in [1.807, 2.05) is 0 Å². The van der Waals surface area contributed by atoms with Gasteiger partial charge in [-0.25, -0.2) is 0 Å². The highest BCUT2D eigenvalue weighted by atomic mass is 79.9. The van der Waals surface area contributed by atoms with Crippen LogP contribution >= 0.6 is 15.9 Å². The number of ketones is 1. The Morgan fingerprint density at radius 3 is 2.60 bits per heavy atom. The molecule has 2 heteroatoms. The van der Waals surface area contributed by atoms with Crippen molar-refractivity contribution < 1.29 is 4.79 Å². The third-order valence-electron chi connectivity index (χ3n) is 1.47. The van der Waals surface area contributed by atoms with Gasteiger partial charge in [0.1, 0.15) is 5.78 Å². The van der Waals surface area contributed by atoms with Crippen LogP contribution in [0, 0.1) is 5.92 Å². The second-order valence-corrected chi connectivity index (χ2v) is 3.64. The molecular weight excluding hydrogens is 192 g/mol. The summed E-state index contributed by atoms with van der Waals surface area (Å²) < 4.78 is 0. The molecule has 0 N–H and O–H groups in total. The molecule has 1 atom stereocenters.